The van der Waals surface area contributed by atoms with E-state index >= 15 is 0 Å². The van der Waals surface area contributed by atoms with Crippen LogP contribution in [0.5, 0.6) is 0 Å². The normalized spacial score (nSPS) is 17.9. The van der Waals surface area contributed by atoms with Gasteiger partial charge >= 0.3 is 0 Å². The Labute approximate surface area is 133 Å². The van der Waals surface area contributed by atoms with E-state index in [0.717, 1.165) is 12.5 Å². The second kappa shape index (κ2) is 6.59. The Bertz CT molecular complexity index is 571. The fourth-order valence-corrected chi connectivity index (χ4v) is 5.13. The van der Waals surface area contributed by atoms with Crippen LogP contribution in [0, 0.1) is 5.92 Å². The van der Waals surface area contributed by atoms with Crippen molar-refractivity contribution in [2.24, 2.45) is 5.92 Å². The van der Waals surface area contributed by atoms with E-state index in [9.17, 15) is 0 Å². The van der Waals surface area contributed by atoms with Gasteiger partial charge in [0.1, 0.15) is 0 Å². The van der Waals surface area contributed by atoms with Crippen LogP contribution in [0.2, 0.25) is 0 Å². The molecule has 1 aliphatic rings. The highest BCUT2D eigenvalue weighted by molar-refractivity contribution is 9.10. The molecule has 2 aromatic rings. The summed E-state index contributed by atoms with van der Waals surface area (Å²) in [5, 5.41) is 7.50. The summed E-state index contributed by atoms with van der Waals surface area (Å²) in [6.45, 7) is 3.26. The van der Waals surface area contributed by atoms with Gasteiger partial charge in [-0.15, -0.1) is 11.3 Å². The first-order valence-electron chi connectivity index (χ1n) is 7.68. The van der Waals surface area contributed by atoms with Crippen LogP contribution in [-0.4, -0.2) is 6.54 Å². The van der Waals surface area contributed by atoms with Crippen molar-refractivity contribution in [3.8, 4) is 0 Å². The quantitative estimate of drug-likeness (QED) is 0.707. The van der Waals surface area contributed by atoms with Crippen molar-refractivity contribution in [1.82, 2.24) is 5.32 Å². The molecule has 1 aliphatic carbocycles. The van der Waals surface area contributed by atoms with E-state index in [1.807, 2.05) is 11.3 Å². The minimum absolute atomic E-state index is 0.520. The average molecular weight is 352 g/mol. The Morgan fingerprint density at radius 1 is 1.35 bits per heavy atom. The molecule has 1 aromatic carbocycles. The molecule has 0 spiro atoms. The van der Waals surface area contributed by atoms with Gasteiger partial charge in [-0.3, -0.25) is 0 Å². The minimum atomic E-state index is 0.520. The summed E-state index contributed by atoms with van der Waals surface area (Å²) < 4.78 is 2.61. The molecule has 1 heterocycles. The van der Waals surface area contributed by atoms with Crippen molar-refractivity contribution in [3.63, 3.8) is 0 Å². The van der Waals surface area contributed by atoms with Gasteiger partial charge in [0, 0.05) is 15.2 Å². The summed E-state index contributed by atoms with van der Waals surface area (Å²) in [6, 6.07) is 7.08. The monoisotopic (exact) mass is 351 g/mol. The smallest absolute Gasteiger partial charge is 0.0488 e. The molecule has 0 radical (unpaired) electrons. The maximum absolute atomic E-state index is 3.71. The molecule has 1 fully saturated rings. The number of benzene rings is 1. The Kier molecular flexibility index (Phi) is 4.79. The summed E-state index contributed by atoms with van der Waals surface area (Å²) in [6.07, 6.45) is 7.01. The van der Waals surface area contributed by atoms with Crippen LogP contribution < -0.4 is 5.32 Å². The topological polar surface area (TPSA) is 12.0 Å². The molecule has 1 saturated carbocycles. The number of thiophene rings is 1. The maximum atomic E-state index is 3.71. The maximum Gasteiger partial charge on any atom is 0.0488 e. The Hall–Kier alpha value is -0.380. The van der Waals surface area contributed by atoms with Crippen LogP contribution >= 0.6 is 27.3 Å². The summed E-state index contributed by atoms with van der Waals surface area (Å²) >= 11 is 5.54. The standard InChI is InChI=1S/C17H22BrNS/c1-2-19-16(10-12-6-3-4-7-12)14-11-20-17-13(14)8-5-9-15(17)18/h5,8-9,11-12,16,19H,2-4,6-7,10H2,1H3. The molecule has 20 heavy (non-hydrogen) atoms. The molecule has 1 atom stereocenters. The van der Waals surface area contributed by atoms with Gasteiger partial charge < -0.3 is 5.32 Å². The third kappa shape index (κ3) is 2.95. The summed E-state index contributed by atoms with van der Waals surface area (Å²) in [5.74, 6) is 0.918. The predicted molar refractivity (Wildman–Crippen MR) is 92.5 cm³/mol. The number of halogens is 1. The molecule has 0 bridgehead atoms. The number of hydrogen-bond donors (Lipinski definition) is 1. The highest BCUT2D eigenvalue weighted by Gasteiger charge is 2.22. The fourth-order valence-electron chi connectivity index (χ4n) is 3.46. The molecular formula is C17H22BrNS. The van der Waals surface area contributed by atoms with Crippen molar-refractivity contribution in [2.45, 2.75) is 45.1 Å². The molecular weight excluding hydrogens is 330 g/mol. The number of nitrogens with one attached hydrogen (secondary N) is 1. The van der Waals surface area contributed by atoms with Gasteiger partial charge in [0.05, 0.1) is 0 Å². The lowest BCUT2D eigenvalue weighted by atomic mass is 9.93. The minimum Gasteiger partial charge on any atom is -0.310 e. The third-order valence-electron chi connectivity index (χ3n) is 4.45. The first-order chi connectivity index (χ1) is 9.79. The molecule has 1 nitrogen and oxygen atoms in total. The van der Waals surface area contributed by atoms with Gasteiger partial charge in [-0.05, 0) is 57.2 Å². The van der Waals surface area contributed by atoms with Crippen molar-refractivity contribution >= 4 is 37.4 Å². The first kappa shape index (κ1) is 14.6. The molecule has 0 saturated heterocycles. The van der Waals surface area contributed by atoms with Crippen molar-refractivity contribution in [1.29, 1.82) is 0 Å². The molecule has 108 valence electrons. The number of fused-ring (bicyclic) bond motifs is 1. The summed E-state index contributed by atoms with van der Waals surface area (Å²) in [4.78, 5) is 0. The third-order valence-corrected chi connectivity index (χ3v) is 6.42. The van der Waals surface area contributed by atoms with E-state index in [1.165, 1.54) is 52.2 Å². The van der Waals surface area contributed by atoms with Crippen LogP contribution in [-0.2, 0) is 0 Å². The van der Waals surface area contributed by atoms with E-state index in [1.54, 1.807) is 0 Å². The lowest BCUT2D eigenvalue weighted by molar-refractivity contribution is 0.403. The van der Waals surface area contributed by atoms with Crippen LogP contribution in [0.15, 0.2) is 28.1 Å². The first-order valence-corrected chi connectivity index (χ1v) is 9.36. The highest BCUT2D eigenvalue weighted by Crippen LogP contribution is 2.39. The molecule has 1 N–H and O–H groups in total. The Morgan fingerprint density at radius 2 is 2.15 bits per heavy atom. The van der Waals surface area contributed by atoms with Gasteiger partial charge in [-0.2, -0.15) is 0 Å². The second-order valence-electron chi connectivity index (χ2n) is 5.80. The molecule has 0 aliphatic heterocycles. The Morgan fingerprint density at radius 3 is 2.90 bits per heavy atom. The fraction of sp³-hybridized carbons (Fsp3) is 0.529. The SMILES string of the molecule is CCNC(CC1CCCC1)c1csc2c(Br)cccc12. The number of hydrogen-bond acceptors (Lipinski definition) is 2. The van der Waals surface area contributed by atoms with Gasteiger partial charge in [0.15, 0.2) is 0 Å². The van der Waals surface area contributed by atoms with E-state index in [-0.39, 0.29) is 0 Å². The molecule has 1 unspecified atom stereocenters. The van der Waals surface area contributed by atoms with E-state index in [4.69, 9.17) is 0 Å². The van der Waals surface area contributed by atoms with Gasteiger partial charge in [-0.25, -0.2) is 0 Å². The zero-order valence-corrected chi connectivity index (χ0v) is 14.4. The van der Waals surface area contributed by atoms with Crippen molar-refractivity contribution in [3.05, 3.63) is 33.6 Å². The van der Waals surface area contributed by atoms with Gasteiger partial charge in [0.25, 0.3) is 0 Å². The zero-order chi connectivity index (χ0) is 13.9. The summed E-state index contributed by atoms with van der Waals surface area (Å²) in [7, 11) is 0. The second-order valence-corrected chi connectivity index (χ2v) is 7.54. The lowest BCUT2D eigenvalue weighted by Crippen LogP contribution is -2.22. The molecule has 3 heteroatoms. The van der Waals surface area contributed by atoms with E-state index in [2.05, 4.69) is 51.7 Å². The zero-order valence-electron chi connectivity index (χ0n) is 12.0. The lowest BCUT2D eigenvalue weighted by Gasteiger charge is -2.21. The van der Waals surface area contributed by atoms with Crippen LogP contribution in [0.3, 0.4) is 0 Å². The summed E-state index contributed by atoms with van der Waals surface area (Å²) in [5.41, 5.74) is 1.50. The van der Waals surface area contributed by atoms with Crippen molar-refractivity contribution < 1.29 is 0 Å². The van der Waals surface area contributed by atoms with E-state index in [0.29, 0.717) is 6.04 Å². The van der Waals surface area contributed by atoms with Gasteiger partial charge in [-0.1, -0.05) is 44.7 Å². The van der Waals surface area contributed by atoms with Crippen LogP contribution in [0.1, 0.15) is 50.6 Å². The molecule has 3 rings (SSSR count). The van der Waals surface area contributed by atoms with E-state index < -0.39 is 0 Å². The largest absolute Gasteiger partial charge is 0.310 e. The average Bonchev–Trinajstić information content (AvgIpc) is 3.07. The molecule has 0 amide bonds. The van der Waals surface area contributed by atoms with Crippen LogP contribution in [0.4, 0.5) is 0 Å². The molecule has 1 aromatic heterocycles. The van der Waals surface area contributed by atoms with Gasteiger partial charge in [0.2, 0.25) is 0 Å². The highest BCUT2D eigenvalue weighted by atomic mass is 79.9. The van der Waals surface area contributed by atoms with Crippen molar-refractivity contribution in [2.75, 3.05) is 6.54 Å². The predicted octanol–water partition coefficient (Wildman–Crippen LogP) is 5.89. The Balaban J connectivity index is 1.90. The van der Waals surface area contributed by atoms with Crippen LogP contribution in [0.25, 0.3) is 10.1 Å². The number of rotatable bonds is 5.